The third kappa shape index (κ3) is 3.91. The molecule has 0 unspecified atom stereocenters. The average molecular weight is 221 g/mol. The van der Waals surface area contributed by atoms with E-state index in [9.17, 15) is 13.2 Å². The first-order valence-electron chi connectivity index (χ1n) is 3.79. The first-order chi connectivity index (χ1) is 6.51. The van der Waals surface area contributed by atoms with Gasteiger partial charge in [-0.3, -0.25) is 0 Å². The molecule has 5 heteroatoms. The fraction of sp³-hybridized carbons (Fsp3) is 0.222. The minimum atomic E-state index is -4.63. The van der Waals surface area contributed by atoms with Crippen LogP contribution in [0.5, 0.6) is 5.75 Å². The van der Waals surface area contributed by atoms with E-state index in [1.807, 2.05) is 0 Å². The summed E-state index contributed by atoms with van der Waals surface area (Å²) in [4.78, 5) is 0.710. The van der Waals surface area contributed by atoms with E-state index in [2.05, 4.69) is 11.7 Å². The lowest BCUT2D eigenvalue weighted by atomic mass is 10.3. The third-order valence-corrected chi connectivity index (χ3v) is 2.10. The van der Waals surface area contributed by atoms with Gasteiger partial charge in [0.25, 0.3) is 0 Å². The maximum Gasteiger partial charge on any atom is 0.573 e. The second kappa shape index (κ2) is 4.59. The van der Waals surface area contributed by atoms with Gasteiger partial charge in [-0.1, -0.05) is 6.07 Å². The summed E-state index contributed by atoms with van der Waals surface area (Å²) in [6, 6.07) is 5.82. The molecule has 0 aromatic heterocycles. The Bertz CT molecular complexity index is 298. The highest BCUT2D eigenvalue weighted by Crippen LogP contribution is 2.27. The van der Waals surface area contributed by atoms with Crippen molar-refractivity contribution in [2.75, 3.05) is 5.75 Å². The fourth-order valence-electron chi connectivity index (χ4n) is 0.879. The quantitative estimate of drug-likeness (QED) is 0.722. The Morgan fingerprint density at radius 2 is 2.07 bits per heavy atom. The van der Waals surface area contributed by atoms with Gasteiger partial charge < -0.3 is 4.74 Å². The molecular weight excluding hydrogens is 213 g/mol. The number of hydrogen-bond acceptors (Lipinski definition) is 2. The van der Waals surface area contributed by atoms with Crippen LogP contribution in [0, 0.1) is 6.92 Å². The summed E-state index contributed by atoms with van der Waals surface area (Å²) in [5.74, 6) is 0.367. The Hall–Kier alpha value is -0.840. The second-order valence-electron chi connectivity index (χ2n) is 2.37. The van der Waals surface area contributed by atoms with Crippen LogP contribution in [0.25, 0.3) is 0 Å². The van der Waals surface area contributed by atoms with Gasteiger partial charge in [-0.25, -0.2) is 0 Å². The van der Waals surface area contributed by atoms with Crippen LogP contribution in [0.3, 0.4) is 0 Å². The molecule has 77 valence electrons. The standard InChI is InChI=1S/C9H8F3OS/c1-2-14-8-5-3-4-7(6-8)13-9(10,11)12/h3-6H,1-2H2. The normalized spacial score (nSPS) is 11.4. The van der Waals surface area contributed by atoms with Gasteiger partial charge in [0, 0.05) is 4.90 Å². The Morgan fingerprint density at radius 1 is 1.36 bits per heavy atom. The van der Waals surface area contributed by atoms with Crippen molar-refractivity contribution in [3.8, 4) is 5.75 Å². The van der Waals surface area contributed by atoms with Gasteiger partial charge in [0.15, 0.2) is 0 Å². The summed E-state index contributed by atoms with van der Waals surface area (Å²) in [6.07, 6.45) is -4.63. The van der Waals surface area contributed by atoms with Gasteiger partial charge in [-0.15, -0.1) is 24.9 Å². The fourth-order valence-corrected chi connectivity index (χ4v) is 1.49. The number of benzene rings is 1. The molecular formula is C9H8F3OS. The lowest BCUT2D eigenvalue weighted by molar-refractivity contribution is -0.274. The zero-order chi connectivity index (χ0) is 10.6. The van der Waals surface area contributed by atoms with E-state index >= 15 is 0 Å². The highest BCUT2D eigenvalue weighted by molar-refractivity contribution is 7.99. The van der Waals surface area contributed by atoms with Crippen LogP contribution in [-0.2, 0) is 0 Å². The zero-order valence-electron chi connectivity index (χ0n) is 7.17. The number of thioether (sulfide) groups is 1. The Balaban J connectivity index is 2.73. The summed E-state index contributed by atoms with van der Waals surface area (Å²) < 4.78 is 39.2. The highest BCUT2D eigenvalue weighted by atomic mass is 32.2. The van der Waals surface area contributed by atoms with Gasteiger partial charge >= 0.3 is 6.36 Å². The molecule has 0 N–H and O–H groups in total. The molecule has 14 heavy (non-hydrogen) atoms. The molecule has 0 saturated carbocycles. The predicted octanol–water partition coefficient (Wildman–Crippen LogP) is 3.51. The molecule has 0 amide bonds. The van der Waals surface area contributed by atoms with Gasteiger partial charge in [-0.2, -0.15) is 0 Å². The molecule has 0 spiro atoms. The lowest BCUT2D eigenvalue weighted by Crippen LogP contribution is -2.17. The van der Waals surface area contributed by atoms with Crippen molar-refractivity contribution in [2.45, 2.75) is 11.3 Å². The molecule has 1 rings (SSSR count). The van der Waals surface area contributed by atoms with Gasteiger partial charge in [0.2, 0.25) is 0 Å². The second-order valence-corrected chi connectivity index (χ2v) is 3.54. The van der Waals surface area contributed by atoms with Gasteiger partial charge in [0.1, 0.15) is 5.75 Å². The maximum atomic E-state index is 11.8. The molecule has 0 saturated heterocycles. The SMILES string of the molecule is [CH2]CSc1cccc(OC(F)(F)F)c1. The monoisotopic (exact) mass is 221 g/mol. The molecule has 1 aromatic rings. The molecule has 1 aromatic carbocycles. The van der Waals surface area contributed by atoms with E-state index in [0.29, 0.717) is 10.6 Å². The largest absolute Gasteiger partial charge is 0.573 e. The number of alkyl halides is 3. The molecule has 0 aliphatic carbocycles. The number of rotatable bonds is 3. The molecule has 0 atom stereocenters. The summed E-state index contributed by atoms with van der Waals surface area (Å²) >= 11 is 1.36. The van der Waals surface area contributed by atoms with E-state index in [0.717, 1.165) is 0 Å². The van der Waals surface area contributed by atoms with Crippen LogP contribution in [0.2, 0.25) is 0 Å². The first kappa shape index (κ1) is 11.2. The van der Waals surface area contributed by atoms with Crippen LogP contribution in [0.15, 0.2) is 29.2 Å². The first-order valence-corrected chi connectivity index (χ1v) is 4.77. The van der Waals surface area contributed by atoms with Crippen LogP contribution in [-0.4, -0.2) is 12.1 Å². The van der Waals surface area contributed by atoms with Crippen LogP contribution < -0.4 is 4.74 Å². The van der Waals surface area contributed by atoms with E-state index in [1.165, 1.54) is 30.0 Å². The Labute approximate surface area is 84.3 Å². The van der Waals surface area contributed by atoms with Crippen molar-refractivity contribution in [3.63, 3.8) is 0 Å². The van der Waals surface area contributed by atoms with Gasteiger partial charge in [0.05, 0.1) is 0 Å². The highest BCUT2D eigenvalue weighted by Gasteiger charge is 2.31. The zero-order valence-corrected chi connectivity index (χ0v) is 7.99. The predicted molar refractivity (Wildman–Crippen MR) is 49.2 cm³/mol. The molecule has 1 nitrogen and oxygen atoms in total. The Morgan fingerprint density at radius 3 is 2.64 bits per heavy atom. The van der Waals surface area contributed by atoms with Crippen molar-refractivity contribution in [1.29, 1.82) is 0 Å². The molecule has 0 heterocycles. The number of halogens is 3. The van der Waals surface area contributed by atoms with Crippen LogP contribution in [0.4, 0.5) is 13.2 Å². The van der Waals surface area contributed by atoms with Crippen molar-refractivity contribution in [1.82, 2.24) is 0 Å². The number of ether oxygens (including phenoxy) is 1. The Kier molecular flexibility index (Phi) is 3.69. The van der Waals surface area contributed by atoms with Crippen molar-refractivity contribution in [2.24, 2.45) is 0 Å². The van der Waals surface area contributed by atoms with Crippen molar-refractivity contribution < 1.29 is 17.9 Å². The van der Waals surface area contributed by atoms with E-state index in [-0.39, 0.29) is 5.75 Å². The van der Waals surface area contributed by atoms with Crippen LogP contribution >= 0.6 is 11.8 Å². The van der Waals surface area contributed by atoms with Crippen molar-refractivity contribution in [3.05, 3.63) is 31.2 Å². The molecule has 1 radical (unpaired) electrons. The molecule has 0 aliphatic heterocycles. The lowest BCUT2D eigenvalue weighted by Gasteiger charge is -2.09. The molecule has 0 aliphatic rings. The summed E-state index contributed by atoms with van der Waals surface area (Å²) in [7, 11) is 0. The van der Waals surface area contributed by atoms with Crippen LogP contribution in [0.1, 0.15) is 0 Å². The average Bonchev–Trinajstić information content (AvgIpc) is 2.02. The summed E-state index contributed by atoms with van der Waals surface area (Å²) in [5, 5.41) is 0. The smallest absolute Gasteiger partial charge is 0.406 e. The van der Waals surface area contributed by atoms with E-state index in [1.54, 1.807) is 6.07 Å². The summed E-state index contributed by atoms with van der Waals surface area (Å²) in [5.41, 5.74) is 0. The van der Waals surface area contributed by atoms with E-state index in [4.69, 9.17) is 0 Å². The number of hydrogen-bond donors (Lipinski definition) is 0. The third-order valence-electron chi connectivity index (χ3n) is 1.31. The van der Waals surface area contributed by atoms with E-state index < -0.39 is 6.36 Å². The topological polar surface area (TPSA) is 9.23 Å². The summed E-state index contributed by atoms with van der Waals surface area (Å²) in [6.45, 7) is 3.59. The molecule has 0 fully saturated rings. The van der Waals surface area contributed by atoms with Gasteiger partial charge in [-0.05, 0) is 30.9 Å². The van der Waals surface area contributed by atoms with Crippen molar-refractivity contribution >= 4 is 11.8 Å². The maximum absolute atomic E-state index is 11.8. The molecule has 0 bridgehead atoms. The minimum absolute atomic E-state index is 0.198. The minimum Gasteiger partial charge on any atom is -0.406 e.